The predicted molar refractivity (Wildman–Crippen MR) is 262 cm³/mol. The van der Waals surface area contributed by atoms with Gasteiger partial charge in [-0.25, -0.2) is 29.9 Å². The van der Waals surface area contributed by atoms with Gasteiger partial charge >= 0.3 is 0 Å². The molecule has 1 radical (unpaired) electrons. The average molecular weight is 942 g/mol. The summed E-state index contributed by atoms with van der Waals surface area (Å²) in [7, 11) is 0. The van der Waals surface area contributed by atoms with Gasteiger partial charge in [-0.3, -0.25) is 0 Å². The molecule has 0 amide bonds. The number of nitrogens with zero attached hydrogens (tertiary/aromatic N) is 6. The van der Waals surface area contributed by atoms with Crippen molar-refractivity contribution in [1.29, 1.82) is 0 Å². The van der Waals surface area contributed by atoms with E-state index in [1.54, 1.807) is 0 Å². The van der Waals surface area contributed by atoms with Crippen LogP contribution in [0.5, 0.6) is 46.0 Å². The van der Waals surface area contributed by atoms with Crippen molar-refractivity contribution in [1.82, 2.24) is 39.9 Å². The molecule has 331 valence electrons. The molecule has 3 aromatic heterocycles. The molecule has 8 aromatic carbocycles. The first-order valence-electron chi connectivity index (χ1n) is 21.9. The summed E-state index contributed by atoms with van der Waals surface area (Å²) in [6.45, 7) is 0. The van der Waals surface area contributed by atoms with E-state index in [-0.39, 0.29) is 39.8 Å². The van der Waals surface area contributed by atoms with Crippen LogP contribution in [-0.4, -0.2) is 39.9 Å². The molecular formula is C56H34CoN8O4. The second-order valence-corrected chi connectivity index (χ2v) is 16.0. The molecule has 69 heavy (non-hydrogen) atoms. The molecule has 0 atom stereocenters. The zero-order valence-corrected chi connectivity index (χ0v) is 37.2. The molecule has 2 aliphatic heterocycles. The van der Waals surface area contributed by atoms with Gasteiger partial charge in [-0.15, -0.1) is 0 Å². The largest absolute Gasteiger partial charge is 0.452 e. The third-order valence-corrected chi connectivity index (χ3v) is 11.7. The van der Waals surface area contributed by atoms with Crippen LogP contribution in [0, 0.1) is 0 Å². The summed E-state index contributed by atoms with van der Waals surface area (Å²) in [4.78, 5) is 38.6. The quantitative estimate of drug-likeness (QED) is 0.151. The summed E-state index contributed by atoms with van der Waals surface area (Å²) in [5, 5.41) is 2.71. The van der Waals surface area contributed by atoms with Crippen LogP contribution in [0.2, 0.25) is 0 Å². The Morgan fingerprint density at radius 2 is 0.522 bits per heavy atom. The molecule has 8 bridgehead atoms. The van der Waals surface area contributed by atoms with Crippen LogP contribution in [0.4, 0.5) is 0 Å². The summed E-state index contributed by atoms with van der Waals surface area (Å²) < 4.78 is 28.0. The monoisotopic (exact) mass is 941 g/mol. The Morgan fingerprint density at radius 3 is 0.855 bits per heavy atom. The van der Waals surface area contributed by atoms with Gasteiger partial charge in [0.2, 0.25) is 11.5 Å². The zero-order valence-electron chi connectivity index (χ0n) is 36.1. The van der Waals surface area contributed by atoms with Crippen LogP contribution >= 0.6 is 0 Å². The van der Waals surface area contributed by atoms with Crippen LogP contribution in [0.1, 0.15) is 0 Å². The first-order chi connectivity index (χ1) is 33.7. The fraction of sp³-hybridized carbons (Fsp3) is 0. The molecule has 5 heterocycles. The number of aromatic amines is 2. The topological polar surface area (TPSA) is 146 Å². The van der Waals surface area contributed by atoms with Gasteiger partial charge in [0.1, 0.15) is 45.6 Å². The van der Waals surface area contributed by atoms with Crippen LogP contribution in [0.25, 0.3) is 89.7 Å². The van der Waals surface area contributed by atoms with E-state index in [4.69, 9.17) is 48.9 Å². The van der Waals surface area contributed by atoms with Crippen molar-refractivity contribution in [3.8, 4) is 91.5 Å². The number of para-hydroxylation sites is 4. The van der Waals surface area contributed by atoms with Gasteiger partial charge in [0.05, 0.1) is 10.8 Å². The number of hydrogen-bond acceptors (Lipinski definition) is 10. The zero-order chi connectivity index (χ0) is 45.0. The van der Waals surface area contributed by atoms with Crippen molar-refractivity contribution in [2.75, 3.05) is 0 Å². The number of fused-ring (bicyclic) bond motifs is 20. The minimum atomic E-state index is 0. The van der Waals surface area contributed by atoms with Crippen molar-refractivity contribution < 1.29 is 35.7 Å². The minimum Gasteiger partial charge on any atom is -0.452 e. The van der Waals surface area contributed by atoms with E-state index in [0.717, 1.165) is 33.0 Å². The van der Waals surface area contributed by atoms with E-state index in [1.807, 2.05) is 194 Å². The summed E-state index contributed by atoms with van der Waals surface area (Å²) in [5.74, 6) is 4.88. The Labute approximate surface area is 403 Å². The molecule has 12 nitrogen and oxygen atoms in total. The Balaban J connectivity index is 0.00000492. The Kier molecular flexibility index (Phi) is 10.3. The van der Waals surface area contributed by atoms with E-state index in [1.165, 1.54) is 0 Å². The number of nitrogens with one attached hydrogen (secondary N) is 2. The molecule has 2 N–H and O–H groups in total. The number of ether oxygens (including phenoxy) is 4. The molecule has 13 rings (SSSR count). The van der Waals surface area contributed by atoms with Gasteiger partial charge in [-0.2, -0.15) is 0 Å². The maximum atomic E-state index is 7.05. The number of aromatic nitrogens is 8. The van der Waals surface area contributed by atoms with Crippen molar-refractivity contribution in [2.24, 2.45) is 0 Å². The number of H-pyrrole nitrogens is 2. The molecule has 0 saturated carbocycles. The maximum absolute atomic E-state index is 7.05. The molecule has 11 aromatic rings. The predicted octanol–water partition coefficient (Wildman–Crippen LogP) is 14.0. The summed E-state index contributed by atoms with van der Waals surface area (Å²) in [6.07, 6.45) is 0. The molecule has 0 unspecified atom stereocenters. The van der Waals surface area contributed by atoms with Crippen molar-refractivity contribution in [3.05, 3.63) is 194 Å². The van der Waals surface area contributed by atoms with Crippen molar-refractivity contribution in [2.45, 2.75) is 0 Å². The first kappa shape index (κ1) is 41.3. The van der Waals surface area contributed by atoms with Crippen LogP contribution in [0.15, 0.2) is 194 Å². The van der Waals surface area contributed by atoms with Gasteiger partial charge in [0.25, 0.3) is 0 Å². The second kappa shape index (κ2) is 17.2. The normalized spacial score (nSPS) is 11.4. The van der Waals surface area contributed by atoms with E-state index in [0.29, 0.717) is 79.7 Å². The molecule has 0 aliphatic carbocycles. The minimum absolute atomic E-state index is 0. The van der Waals surface area contributed by atoms with Crippen LogP contribution in [0.3, 0.4) is 0 Å². The molecule has 2 aliphatic rings. The summed E-state index contributed by atoms with van der Waals surface area (Å²) >= 11 is 0. The fourth-order valence-corrected chi connectivity index (χ4v) is 8.59. The van der Waals surface area contributed by atoms with Crippen molar-refractivity contribution >= 4 is 44.1 Å². The molecule has 0 saturated heterocycles. The summed E-state index contributed by atoms with van der Waals surface area (Å²) in [6, 6.07) is 61.7. The first-order valence-corrected chi connectivity index (χ1v) is 21.9. The molecule has 13 heteroatoms. The average Bonchev–Trinajstić information content (AvgIpc) is 4.13. The number of hydrogen-bond donors (Lipinski definition) is 2. The molecule has 0 spiro atoms. The Morgan fingerprint density at radius 1 is 0.261 bits per heavy atom. The van der Waals surface area contributed by atoms with Crippen LogP contribution < -0.4 is 18.9 Å². The smallest absolute Gasteiger partial charge is 0.217 e. The standard InChI is InChI=1S/C56H34N8O4.Co/c1-5-19-33(20-6-1)65-45-43-44(46(66-34-21-7-2-8-22-34)48(68-36-25-11-4-12-26-36)47(45)67-35-23-9-3-10-24-35)56-63-54-42-32-18-16-30-40(42)52(61-54)59-50-38-28-14-13-27-37(38)49(57-50)58-51-39-29-15-17-31-41(39)53(60-51)62-55(43)64-56;/h1-32H,(H2,57,58,59,60,61,62,63,64);. The Hall–Kier alpha value is -9.17. The third kappa shape index (κ3) is 7.44. The van der Waals surface area contributed by atoms with E-state index in [2.05, 4.69) is 9.97 Å². The number of benzene rings is 8. The van der Waals surface area contributed by atoms with Gasteiger partial charge < -0.3 is 28.9 Å². The van der Waals surface area contributed by atoms with Gasteiger partial charge in [-0.1, -0.05) is 146 Å². The summed E-state index contributed by atoms with van der Waals surface area (Å²) in [5.41, 5.74) is 5.07. The van der Waals surface area contributed by atoms with E-state index in [9.17, 15) is 0 Å². The van der Waals surface area contributed by atoms with E-state index >= 15 is 0 Å². The SMILES string of the molecule is [Co].c1ccc(Oc2c(Oc3ccccc3)c(Oc3ccccc3)c3c4nc5nc(nc6[nH]c(nc7nc(nc([nH]4)c3c2Oc2ccccc2)-c2ccccc2-7)c2ccccc62)-c2ccccc2-5)cc1. The molecular weight excluding hydrogens is 908 g/mol. The van der Waals surface area contributed by atoms with Gasteiger partial charge in [-0.05, 0) is 48.5 Å². The second-order valence-electron chi connectivity index (χ2n) is 16.0. The van der Waals surface area contributed by atoms with Crippen molar-refractivity contribution in [3.63, 3.8) is 0 Å². The Bertz CT molecular complexity index is 3680. The molecule has 0 fully saturated rings. The van der Waals surface area contributed by atoms with Crippen LogP contribution in [-0.2, 0) is 16.8 Å². The fourth-order valence-electron chi connectivity index (χ4n) is 8.59. The van der Waals surface area contributed by atoms with E-state index < -0.39 is 0 Å². The maximum Gasteiger partial charge on any atom is 0.217 e. The van der Waals surface area contributed by atoms with Gasteiger partial charge in [0, 0.05) is 49.8 Å². The number of rotatable bonds is 8. The third-order valence-electron chi connectivity index (χ3n) is 11.7. The van der Waals surface area contributed by atoms with Gasteiger partial charge in [0.15, 0.2) is 34.8 Å².